The van der Waals surface area contributed by atoms with E-state index >= 15 is 0 Å². The van der Waals surface area contributed by atoms with Crippen LogP contribution in [0.2, 0.25) is 0 Å². The van der Waals surface area contributed by atoms with Gasteiger partial charge in [-0.1, -0.05) is 12.8 Å². The Morgan fingerprint density at radius 1 is 1.05 bits per heavy atom. The quantitative estimate of drug-likeness (QED) is 0.849. The van der Waals surface area contributed by atoms with E-state index in [0.717, 1.165) is 51.9 Å². The molecule has 1 aliphatic carbocycles. The number of nitrogens with zero attached hydrogens (tertiary/aromatic N) is 1. The lowest BCUT2D eigenvalue weighted by Gasteiger charge is -2.38. The molecule has 0 spiro atoms. The maximum atomic E-state index is 14.3. The number of hydrogen-bond acceptors (Lipinski definition) is 2. The highest BCUT2D eigenvalue weighted by molar-refractivity contribution is 5.85. The van der Waals surface area contributed by atoms with E-state index in [1.165, 1.54) is 6.07 Å². The summed E-state index contributed by atoms with van der Waals surface area (Å²) in [5.74, 6) is -2.37. The molecule has 1 saturated carbocycles. The van der Waals surface area contributed by atoms with Crippen molar-refractivity contribution in [2.24, 2.45) is 5.92 Å². The topological polar surface area (TPSA) is 15.3 Å². The zero-order valence-corrected chi connectivity index (χ0v) is 13.3. The number of halogens is 4. The Balaban J connectivity index is 0.00000176. The average molecular weight is 335 g/mol. The molecule has 0 aromatic heterocycles. The van der Waals surface area contributed by atoms with E-state index in [2.05, 4.69) is 10.2 Å². The second-order valence-electron chi connectivity index (χ2n) is 6.07. The molecule has 0 unspecified atom stereocenters. The van der Waals surface area contributed by atoms with Gasteiger partial charge in [0.2, 0.25) is 0 Å². The van der Waals surface area contributed by atoms with E-state index in [1.54, 1.807) is 0 Å². The van der Waals surface area contributed by atoms with Crippen molar-refractivity contribution < 1.29 is 13.2 Å². The van der Waals surface area contributed by atoms with Crippen molar-refractivity contribution in [3.63, 3.8) is 0 Å². The smallest absolute Gasteiger partial charge is 0.163 e. The highest BCUT2D eigenvalue weighted by Gasteiger charge is 2.34. The van der Waals surface area contributed by atoms with Crippen molar-refractivity contribution in [1.82, 2.24) is 10.2 Å². The van der Waals surface area contributed by atoms with Crippen molar-refractivity contribution in [2.45, 2.75) is 31.7 Å². The maximum Gasteiger partial charge on any atom is 0.163 e. The predicted octanol–water partition coefficient (Wildman–Crippen LogP) is 3.66. The molecule has 1 atom stereocenters. The first-order chi connectivity index (χ1) is 10.2. The zero-order chi connectivity index (χ0) is 14.8. The lowest BCUT2D eigenvalue weighted by Crippen LogP contribution is -2.47. The van der Waals surface area contributed by atoms with Crippen molar-refractivity contribution in [1.29, 1.82) is 0 Å². The van der Waals surface area contributed by atoms with Crippen molar-refractivity contribution in [3.05, 3.63) is 35.1 Å². The third kappa shape index (κ3) is 3.58. The normalized spacial score (nSPS) is 21.6. The van der Waals surface area contributed by atoms with Crippen LogP contribution in [0.15, 0.2) is 12.1 Å². The highest BCUT2D eigenvalue weighted by Crippen LogP contribution is 2.41. The van der Waals surface area contributed by atoms with Crippen molar-refractivity contribution >= 4 is 12.4 Å². The second kappa shape index (κ2) is 7.66. The Bertz CT molecular complexity index is 500. The molecule has 1 aromatic carbocycles. The van der Waals surface area contributed by atoms with Gasteiger partial charge in [0.15, 0.2) is 11.6 Å². The molecule has 1 aromatic rings. The first-order valence-corrected chi connectivity index (χ1v) is 7.76. The summed E-state index contributed by atoms with van der Waals surface area (Å²) >= 11 is 0. The molecule has 2 fully saturated rings. The predicted molar refractivity (Wildman–Crippen MR) is 82.7 cm³/mol. The number of hydrogen-bond donors (Lipinski definition) is 1. The minimum atomic E-state index is -1.08. The van der Waals surface area contributed by atoms with E-state index in [-0.39, 0.29) is 24.0 Å². The van der Waals surface area contributed by atoms with Crippen molar-refractivity contribution in [2.75, 3.05) is 26.2 Å². The van der Waals surface area contributed by atoms with Gasteiger partial charge >= 0.3 is 0 Å². The third-order valence-corrected chi connectivity index (χ3v) is 4.73. The van der Waals surface area contributed by atoms with Gasteiger partial charge in [0.25, 0.3) is 0 Å². The van der Waals surface area contributed by atoms with E-state index < -0.39 is 17.5 Å². The Morgan fingerprint density at radius 3 is 2.32 bits per heavy atom. The van der Waals surface area contributed by atoms with Crippen LogP contribution >= 0.6 is 12.4 Å². The Labute approximate surface area is 135 Å². The van der Waals surface area contributed by atoms with Crippen LogP contribution in [0.5, 0.6) is 0 Å². The van der Waals surface area contributed by atoms with Crippen LogP contribution in [-0.2, 0) is 0 Å². The molecule has 22 heavy (non-hydrogen) atoms. The second-order valence-corrected chi connectivity index (χ2v) is 6.07. The van der Waals surface area contributed by atoms with Crippen LogP contribution in [0, 0.1) is 23.4 Å². The molecule has 0 radical (unpaired) electrons. The number of rotatable bonds is 3. The molecule has 3 rings (SSSR count). The number of piperazine rings is 1. The first-order valence-electron chi connectivity index (χ1n) is 7.76. The van der Waals surface area contributed by atoms with Crippen LogP contribution in [0.3, 0.4) is 0 Å². The van der Waals surface area contributed by atoms with E-state index in [0.29, 0.717) is 12.0 Å². The lowest BCUT2D eigenvalue weighted by molar-refractivity contribution is 0.121. The minimum absolute atomic E-state index is 0. The lowest BCUT2D eigenvalue weighted by atomic mass is 9.89. The van der Waals surface area contributed by atoms with Crippen LogP contribution in [0.25, 0.3) is 0 Å². The van der Waals surface area contributed by atoms with E-state index in [1.807, 2.05) is 0 Å². The summed E-state index contributed by atoms with van der Waals surface area (Å²) in [5, 5.41) is 3.27. The summed E-state index contributed by atoms with van der Waals surface area (Å²) < 4.78 is 41.4. The van der Waals surface area contributed by atoms with Gasteiger partial charge in [-0.05, 0) is 24.8 Å². The molecular weight excluding hydrogens is 313 g/mol. The molecule has 124 valence electrons. The van der Waals surface area contributed by atoms with Crippen molar-refractivity contribution in [3.8, 4) is 0 Å². The number of benzene rings is 1. The van der Waals surface area contributed by atoms with Gasteiger partial charge in [-0.25, -0.2) is 13.2 Å². The summed E-state index contributed by atoms with van der Waals surface area (Å²) in [5.41, 5.74) is 0.196. The van der Waals surface area contributed by atoms with Gasteiger partial charge in [-0.15, -0.1) is 12.4 Å². The fourth-order valence-electron chi connectivity index (χ4n) is 3.77. The summed E-state index contributed by atoms with van der Waals surface area (Å²) in [7, 11) is 0. The standard InChI is InChI=1S/C16H21F3N2.ClH/c17-12-9-13(15(19)14(18)10-12)16(11-3-1-2-4-11)21-7-5-20-6-8-21;/h9-11,16,20H,1-8H2;1H/t16-;/m1./s1. The van der Waals surface area contributed by atoms with Gasteiger partial charge in [-0.2, -0.15) is 0 Å². The molecule has 0 bridgehead atoms. The largest absolute Gasteiger partial charge is 0.314 e. The van der Waals surface area contributed by atoms with E-state index in [9.17, 15) is 13.2 Å². The van der Waals surface area contributed by atoms with Gasteiger partial charge in [0.1, 0.15) is 5.82 Å². The molecule has 0 amide bonds. The Hall–Kier alpha value is -0.780. The van der Waals surface area contributed by atoms with Gasteiger partial charge < -0.3 is 5.32 Å². The van der Waals surface area contributed by atoms with E-state index in [4.69, 9.17) is 0 Å². The van der Waals surface area contributed by atoms with Gasteiger partial charge in [0.05, 0.1) is 0 Å². The SMILES string of the molecule is Cl.Fc1cc(F)c(F)c([C@@H](C2CCCC2)N2CCNCC2)c1. The molecule has 6 heteroatoms. The first kappa shape index (κ1) is 17.6. The summed E-state index contributed by atoms with van der Waals surface area (Å²) in [4.78, 5) is 2.18. The molecule has 2 aliphatic rings. The minimum Gasteiger partial charge on any atom is -0.314 e. The maximum absolute atomic E-state index is 14.3. The molecule has 1 N–H and O–H groups in total. The van der Waals surface area contributed by atoms with Crippen LogP contribution < -0.4 is 5.32 Å². The molecular formula is C16H22ClF3N2. The van der Waals surface area contributed by atoms with Gasteiger partial charge in [0, 0.05) is 43.9 Å². The van der Waals surface area contributed by atoms with Crippen LogP contribution in [-0.4, -0.2) is 31.1 Å². The Kier molecular flexibility index (Phi) is 6.12. The monoisotopic (exact) mass is 334 g/mol. The molecule has 1 heterocycles. The third-order valence-electron chi connectivity index (χ3n) is 4.73. The highest BCUT2D eigenvalue weighted by atomic mass is 35.5. The summed E-state index contributed by atoms with van der Waals surface area (Å²) in [6.45, 7) is 3.25. The fourth-order valence-corrected chi connectivity index (χ4v) is 3.77. The average Bonchev–Trinajstić information content (AvgIpc) is 2.99. The molecule has 2 nitrogen and oxygen atoms in total. The van der Waals surface area contributed by atoms with Crippen LogP contribution in [0.4, 0.5) is 13.2 Å². The summed E-state index contributed by atoms with van der Waals surface area (Å²) in [6.07, 6.45) is 4.25. The fraction of sp³-hybridized carbons (Fsp3) is 0.625. The molecule has 1 aliphatic heterocycles. The summed E-state index contributed by atoms with van der Waals surface area (Å²) in [6, 6.07) is 1.60. The molecule has 1 saturated heterocycles. The Morgan fingerprint density at radius 2 is 1.68 bits per heavy atom. The zero-order valence-electron chi connectivity index (χ0n) is 12.5. The number of nitrogens with one attached hydrogen (secondary N) is 1. The van der Waals surface area contributed by atoms with Crippen LogP contribution in [0.1, 0.15) is 37.3 Å². The van der Waals surface area contributed by atoms with Gasteiger partial charge in [-0.3, -0.25) is 4.90 Å².